The number of ketones is 1. The number of carbonyl (C=O) groups is 2. The molecule has 0 bridgehead atoms. The number of rotatable bonds is 1. The van der Waals surface area contributed by atoms with Gasteiger partial charge in [-0.25, -0.2) is 0 Å². The summed E-state index contributed by atoms with van der Waals surface area (Å²) in [5.41, 5.74) is 0.0631. The van der Waals surface area contributed by atoms with Crippen molar-refractivity contribution in [3.8, 4) is 5.75 Å². The van der Waals surface area contributed by atoms with Gasteiger partial charge in [0.05, 0.1) is 25.2 Å². The third-order valence-electron chi connectivity index (χ3n) is 6.30. The van der Waals surface area contributed by atoms with E-state index in [2.05, 4.69) is 0 Å². The molecule has 1 aromatic rings. The fraction of sp³-hybridized carbons (Fsp3) is 0.579. The Bertz CT molecular complexity index is 760. The molecule has 0 N–H and O–H groups in total. The first-order valence-corrected chi connectivity index (χ1v) is 9.35. The maximum absolute atomic E-state index is 12.9. The molecule has 2 aliphatic carbocycles. The Labute approximate surface area is 151 Å². The van der Waals surface area contributed by atoms with Gasteiger partial charge in [0, 0.05) is 29.9 Å². The second kappa shape index (κ2) is 5.45. The predicted molar refractivity (Wildman–Crippen MR) is 90.9 cm³/mol. The highest BCUT2D eigenvalue weighted by atomic mass is 35.5. The van der Waals surface area contributed by atoms with Gasteiger partial charge in [-0.15, -0.1) is 0 Å². The van der Waals surface area contributed by atoms with Gasteiger partial charge in [-0.1, -0.05) is 11.6 Å². The van der Waals surface area contributed by atoms with Crippen LogP contribution in [0.15, 0.2) is 18.2 Å². The average Bonchev–Trinajstić information content (AvgIpc) is 3.27. The van der Waals surface area contributed by atoms with E-state index < -0.39 is 5.60 Å². The van der Waals surface area contributed by atoms with Crippen LogP contribution in [0.2, 0.25) is 5.02 Å². The van der Waals surface area contributed by atoms with Crippen LogP contribution in [0.3, 0.4) is 0 Å². The minimum absolute atomic E-state index is 0.00787. The zero-order valence-corrected chi connectivity index (χ0v) is 14.6. The Kier molecular flexibility index (Phi) is 3.41. The van der Waals surface area contributed by atoms with Gasteiger partial charge in [-0.2, -0.15) is 0 Å². The lowest BCUT2D eigenvalue weighted by Gasteiger charge is -2.37. The molecule has 4 aliphatic rings. The van der Waals surface area contributed by atoms with Crippen molar-refractivity contribution in [2.75, 3.05) is 26.3 Å². The lowest BCUT2D eigenvalue weighted by atomic mass is 9.84. The van der Waals surface area contributed by atoms with Crippen LogP contribution in [0.25, 0.3) is 0 Å². The second-order valence-corrected chi connectivity index (χ2v) is 8.04. The number of hydrogen-bond acceptors (Lipinski definition) is 4. The van der Waals surface area contributed by atoms with E-state index in [0.29, 0.717) is 55.0 Å². The van der Waals surface area contributed by atoms with Gasteiger partial charge in [0.1, 0.15) is 11.4 Å². The monoisotopic (exact) mass is 361 g/mol. The van der Waals surface area contributed by atoms with Crippen molar-refractivity contribution in [2.45, 2.75) is 24.9 Å². The Morgan fingerprint density at radius 3 is 2.88 bits per heavy atom. The zero-order valence-electron chi connectivity index (χ0n) is 13.9. The van der Waals surface area contributed by atoms with Gasteiger partial charge < -0.3 is 14.4 Å². The van der Waals surface area contributed by atoms with E-state index in [1.54, 1.807) is 18.2 Å². The first-order valence-electron chi connectivity index (χ1n) is 8.97. The third-order valence-corrected chi connectivity index (χ3v) is 6.53. The van der Waals surface area contributed by atoms with E-state index in [1.807, 2.05) is 4.90 Å². The van der Waals surface area contributed by atoms with E-state index in [9.17, 15) is 9.59 Å². The molecular formula is C19H20ClNO4. The van der Waals surface area contributed by atoms with Gasteiger partial charge >= 0.3 is 0 Å². The molecule has 132 valence electrons. The molecule has 25 heavy (non-hydrogen) atoms. The Hall–Kier alpha value is -1.59. The molecule has 0 radical (unpaired) electrons. The minimum atomic E-state index is -0.505. The zero-order chi connectivity index (χ0) is 17.2. The van der Waals surface area contributed by atoms with E-state index in [-0.39, 0.29) is 23.5 Å². The van der Waals surface area contributed by atoms with E-state index in [0.717, 1.165) is 12.8 Å². The van der Waals surface area contributed by atoms with Crippen LogP contribution in [0, 0.1) is 17.8 Å². The highest BCUT2D eigenvalue weighted by Gasteiger charge is 2.71. The smallest absolute Gasteiger partial charge is 0.226 e. The molecule has 2 heterocycles. The van der Waals surface area contributed by atoms with Gasteiger partial charge in [0.2, 0.25) is 5.91 Å². The van der Waals surface area contributed by atoms with Gasteiger partial charge in [-0.3, -0.25) is 9.59 Å². The summed E-state index contributed by atoms with van der Waals surface area (Å²) in [5, 5.41) is 0.544. The number of halogens is 1. The van der Waals surface area contributed by atoms with Crippen LogP contribution >= 0.6 is 11.6 Å². The van der Waals surface area contributed by atoms with Crippen molar-refractivity contribution in [1.29, 1.82) is 0 Å². The predicted octanol–water partition coefficient (Wildman–Crippen LogP) is 2.56. The van der Waals surface area contributed by atoms with E-state index in [4.69, 9.17) is 21.1 Å². The Morgan fingerprint density at radius 1 is 1.28 bits per heavy atom. The number of benzene rings is 1. The molecule has 6 heteroatoms. The molecule has 3 fully saturated rings. The second-order valence-electron chi connectivity index (χ2n) is 7.60. The fourth-order valence-corrected chi connectivity index (χ4v) is 5.29. The summed E-state index contributed by atoms with van der Waals surface area (Å²) in [6.07, 6.45) is 2.17. The van der Waals surface area contributed by atoms with Crippen LogP contribution in [-0.2, 0) is 9.53 Å². The van der Waals surface area contributed by atoms with Crippen molar-refractivity contribution in [3.63, 3.8) is 0 Å². The summed E-state index contributed by atoms with van der Waals surface area (Å²) in [5.74, 6) is 1.44. The topological polar surface area (TPSA) is 55.8 Å². The molecule has 2 aliphatic heterocycles. The van der Waals surface area contributed by atoms with Crippen LogP contribution in [0.4, 0.5) is 0 Å². The highest BCUT2D eigenvalue weighted by Crippen LogP contribution is 2.66. The first kappa shape index (κ1) is 15.6. The summed E-state index contributed by atoms with van der Waals surface area (Å²) in [6.45, 7) is 2.57. The summed E-state index contributed by atoms with van der Waals surface area (Å²) in [4.78, 5) is 27.5. The number of morpholine rings is 1. The molecule has 4 atom stereocenters. The van der Waals surface area contributed by atoms with Crippen LogP contribution in [-0.4, -0.2) is 48.5 Å². The SMILES string of the molecule is O=C1CC2(CCC3C(C(=O)N4CCOCC4)C32)Oc2ccc(Cl)cc21. The van der Waals surface area contributed by atoms with E-state index >= 15 is 0 Å². The molecule has 5 rings (SSSR count). The summed E-state index contributed by atoms with van der Waals surface area (Å²) >= 11 is 6.01. The highest BCUT2D eigenvalue weighted by molar-refractivity contribution is 6.31. The number of hydrogen-bond donors (Lipinski definition) is 0. The molecule has 1 spiro atoms. The van der Waals surface area contributed by atoms with Crippen molar-refractivity contribution >= 4 is 23.3 Å². The number of amides is 1. The third kappa shape index (κ3) is 2.32. The lowest BCUT2D eigenvalue weighted by Crippen LogP contribution is -2.46. The molecule has 1 saturated heterocycles. The van der Waals surface area contributed by atoms with Gasteiger partial charge in [0.25, 0.3) is 0 Å². The number of nitrogens with zero attached hydrogens (tertiary/aromatic N) is 1. The summed E-state index contributed by atoms with van der Waals surface area (Å²) < 4.78 is 11.7. The number of Topliss-reactive ketones (excluding diaryl/α,β-unsaturated/α-hetero) is 1. The van der Waals surface area contributed by atoms with Crippen molar-refractivity contribution < 1.29 is 19.1 Å². The standard InChI is InChI=1S/C19H20ClNO4/c20-11-1-2-15-13(9-11)14(22)10-19(25-15)4-3-12-16(17(12)19)18(23)21-5-7-24-8-6-21/h1-2,9,12,16-17H,3-8,10H2. The van der Waals surface area contributed by atoms with Gasteiger partial charge in [-0.05, 0) is 37.0 Å². The number of fused-ring (bicyclic) bond motifs is 3. The molecule has 5 nitrogen and oxygen atoms in total. The minimum Gasteiger partial charge on any atom is -0.486 e. The molecule has 2 saturated carbocycles. The quantitative estimate of drug-likeness (QED) is 0.771. The normalized spacial score (nSPS) is 36.0. The number of carbonyl (C=O) groups excluding carboxylic acids is 2. The van der Waals surface area contributed by atoms with Crippen molar-refractivity contribution in [2.24, 2.45) is 17.8 Å². The molecular weight excluding hydrogens is 342 g/mol. The largest absolute Gasteiger partial charge is 0.486 e. The van der Waals surface area contributed by atoms with Gasteiger partial charge in [0.15, 0.2) is 5.78 Å². The van der Waals surface area contributed by atoms with Crippen LogP contribution in [0.5, 0.6) is 5.75 Å². The van der Waals surface area contributed by atoms with E-state index in [1.165, 1.54) is 0 Å². The van der Waals surface area contributed by atoms with Crippen LogP contribution < -0.4 is 4.74 Å². The summed E-state index contributed by atoms with van der Waals surface area (Å²) in [7, 11) is 0. The maximum Gasteiger partial charge on any atom is 0.226 e. The molecule has 1 amide bonds. The Morgan fingerprint density at radius 2 is 2.08 bits per heavy atom. The molecule has 0 aromatic heterocycles. The lowest BCUT2D eigenvalue weighted by molar-refractivity contribution is -0.138. The summed E-state index contributed by atoms with van der Waals surface area (Å²) in [6, 6.07) is 5.22. The Balaban J connectivity index is 1.39. The number of ether oxygens (including phenoxy) is 2. The molecule has 4 unspecified atom stereocenters. The van der Waals surface area contributed by atoms with Crippen LogP contribution in [0.1, 0.15) is 29.6 Å². The maximum atomic E-state index is 12.9. The average molecular weight is 362 g/mol. The fourth-order valence-electron chi connectivity index (χ4n) is 5.12. The van der Waals surface area contributed by atoms with Crippen molar-refractivity contribution in [3.05, 3.63) is 28.8 Å². The van der Waals surface area contributed by atoms with Crippen molar-refractivity contribution in [1.82, 2.24) is 4.90 Å². The first-order chi connectivity index (χ1) is 12.1. The molecule has 1 aromatic carbocycles.